The number of hydrogen-bond donors (Lipinski definition) is 1. The molecule has 6 heteroatoms. The summed E-state index contributed by atoms with van der Waals surface area (Å²) in [5.74, 6) is -0.412. The molecule has 0 aliphatic carbocycles. The van der Waals surface area contributed by atoms with Crippen molar-refractivity contribution in [3.63, 3.8) is 0 Å². The van der Waals surface area contributed by atoms with Crippen LogP contribution in [0.5, 0.6) is 0 Å². The summed E-state index contributed by atoms with van der Waals surface area (Å²) in [6.45, 7) is 0.182. The van der Waals surface area contributed by atoms with E-state index in [2.05, 4.69) is 5.32 Å². The maximum atomic E-state index is 13.0. The molecule has 0 saturated carbocycles. The van der Waals surface area contributed by atoms with Gasteiger partial charge >= 0.3 is 6.18 Å². The largest absolute Gasteiger partial charge is 0.417 e. The Labute approximate surface area is 118 Å². The molecule has 2 aromatic rings. The van der Waals surface area contributed by atoms with Crippen LogP contribution in [0.4, 0.5) is 23.2 Å². The first-order valence-corrected chi connectivity index (χ1v) is 6.00. The van der Waals surface area contributed by atoms with Crippen molar-refractivity contribution >= 4 is 5.69 Å². The molecular weight excluding hydrogens is 284 g/mol. The van der Waals surface area contributed by atoms with E-state index >= 15 is 0 Å². The maximum Gasteiger partial charge on any atom is 0.417 e. The van der Waals surface area contributed by atoms with Crippen molar-refractivity contribution < 1.29 is 17.6 Å². The van der Waals surface area contributed by atoms with Gasteiger partial charge in [-0.2, -0.15) is 18.4 Å². The summed E-state index contributed by atoms with van der Waals surface area (Å²) in [6.07, 6.45) is -4.60. The summed E-state index contributed by atoms with van der Waals surface area (Å²) in [6, 6.07) is 10.6. The quantitative estimate of drug-likeness (QED) is 0.855. The highest BCUT2D eigenvalue weighted by atomic mass is 19.4. The number of nitrogens with zero attached hydrogens (tertiary/aromatic N) is 1. The molecule has 2 rings (SSSR count). The van der Waals surface area contributed by atoms with Crippen molar-refractivity contribution in [2.24, 2.45) is 0 Å². The molecule has 1 N–H and O–H groups in total. The van der Waals surface area contributed by atoms with Crippen LogP contribution in [0.25, 0.3) is 0 Å². The highest BCUT2D eigenvalue weighted by molar-refractivity contribution is 5.53. The zero-order chi connectivity index (χ0) is 15.5. The average molecular weight is 294 g/mol. The van der Waals surface area contributed by atoms with Crippen LogP contribution < -0.4 is 5.32 Å². The number of nitriles is 1. The van der Waals surface area contributed by atoms with E-state index in [0.717, 1.165) is 12.1 Å². The third-order valence-electron chi connectivity index (χ3n) is 2.83. The Balaban J connectivity index is 2.20. The lowest BCUT2D eigenvalue weighted by molar-refractivity contribution is -0.137. The second-order valence-electron chi connectivity index (χ2n) is 4.35. The standard InChI is InChI=1S/C15H10F4N2/c16-12-3-1-2-10(6-12)9-21-13-5-4-11(8-20)14(7-13)15(17,18)19/h1-7,21H,9H2. The maximum absolute atomic E-state index is 13.0. The molecule has 21 heavy (non-hydrogen) atoms. The monoisotopic (exact) mass is 294 g/mol. The van der Waals surface area contributed by atoms with Gasteiger partial charge in [0.2, 0.25) is 0 Å². The molecule has 0 unspecified atom stereocenters. The number of nitrogens with one attached hydrogen (secondary N) is 1. The van der Waals surface area contributed by atoms with E-state index in [9.17, 15) is 17.6 Å². The predicted molar refractivity (Wildman–Crippen MR) is 69.9 cm³/mol. The summed E-state index contributed by atoms with van der Waals surface area (Å²) in [7, 11) is 0. The van der Waals surface area contributed by atoms with E-state index < -0.39 is 23.1 Å². The topological polar surface area (TPSA) is 35.8 Å². The molecule has 2 nitrogen and oxygen atoms in total. The first kappa shape index (κ1) is 14.9. The Kier molecular flexibility index (Phi) is 4.13. The van der Waals surface area contributed by atoms with E-state index in [4.69, 9.17) is 5.26 Å². The highest BCUT2D eigenvalue weighted by Crippen LogP contribution is 2.33. The van der Waals surface area contributed by atoms with E-state index in [1.165, 1.54) is 30.3 Å². The van der Waals surface area contributed by atoms with Gasteiger partial charge in [-0.3, -0.25) is 0 Å². The lowest BCUT2D eigenvalue weighted by atomic mass is 10.1. The van der Waals surface area contributed by atoms with Crippen molar-refractivity contribution in [3.8, 4) is 6.07 Å². The minimum atomic E-state index is -4.60. The zero-order valence-corrected chi connectivity index (χ0v) is 10.7. The van der Waals surface area contributed by atoms with E-state index in [-0.39, 0.29) is 12.2 Å². The van der Waals surface area contributed by atoms with Gasteiger partial charge in [0.15, 0.2) is 0 Å². The van der Waals surface area contributed by atoms with Gasteiger partial charge in [0.05, 0.1) is 17.2 Å². The first-order valence-electron chi connectivity index (χ1n) is 6.00. The van der Waals surface area contributed by atoms with Gasteiger partial charge in [0, 0.05) is 12.2 Å². The summed E-state index contributed by atoms with van der Waals surface area (Å²) in [4.78, 5) is 0. The molecule has 0 heterocycles. The minimum absolute atomic E-state index is 0.182. The van der Waals surface area contributed by atoms with Gasteiger partial charge < -0.3 is 5.32 Å². The van der Waals surface area contributed by atoms with Crippen LogP contribution in [0, 0.1) is 17.1 Å². The molecule has 0 spiro atoms. The number of halogens is 4. The van der Waals surface area contributed by atoms with Gasteiger partial charge in [-0.15, -0.1) is 0 Å². The van der Waals surface area contributed by atoms with Crippen molar-refractivity contribution in [2.45, 2.75) is 12.7 Å². The van der Waals surface area contributed by atoms with Crippen LogP contribution in [0.15, 0.2) is 42.5 Å². The second-order valence-corrected chi connectivity index (χ2v) is 4.35. The fraction of sp³-hybridized carbons (Fsp3) is 0.133. The SMILES string of the molecule is N#Cc1ccc(NCc2cccc(F)c2)cc1C(F)(F)F. The normalized spacial score (nSPS) is 11.0. The Morgan fingerprint density at radius 2 is 1.86 bits per heavy atom. The van der Waals surface area contributed by atoms with Gasteiger partial charge in [-0.1, -0.05) is 12.1 Å². The summed E-state index contributed by atoms with van der Waals surface area (Å²) in [5, 5.41) is 11.5. The predicted octanol–water partition coefficient (Wildman–Crippen LogP) is 4.33. The van der Waals surface area contributed by atoms with Crippen LogP contribution in [-0.4, -0.2) is 0 Å². The summed E-state index contributed by atoms with van der Waals surface area (Å²) >= 11 is 0. The molecule has 2 aromatic carbocycles. The Morgan fingerprint density at radius 1 is 1.10 bits per heavy atom. The molecule has 0 atom stereocenters. The van der Waals surface area contributed by atoms with Crippen LogP contribution in [0.3, 0.4) is 0 Å². The number of alkyl halides is 3. The van der Waals surface area contributed by atoms with E-state index in [1.54, 1.807) is 6.07 Å². The lowest BCUT2D eigenvalue weighted by Crippen LogP contribution is -2.09. The highest BCUT2D eigenvalue weighted by Gasteiger charge is 2.33. The molecule has 0 fully saturated rings. The molecule has 0 bridgehead atoms. The molecule has 0 aliphatic heterocycles. The van der Waals surface area contributed by atoms with Gasteiger partial charge in [-0.25, -0.2) is 4.39 Å². The van der Waals surface area contributed by atoms with Gasteiger partial charge in [0.25, 0.3) is 0 Å². The average Bonchev–Trinajstić information content (AvgIpc) is 2.44. The molecular formula is C15H10F4N2. The summed E-state index contributed by atoms with van der Waals surface area (Å²) < 4.78 is 51.4. The minimum Gasteiger partial charge on any atom is -0.381 e. The molecule has 0 aromatic heterocycles. The van der Waals surface area contributed by atoms with Crippen LogP contribution in [0.1, 0.15) is 16.7 Å². The zero-order valence-electron chi connectivity index (χ0n) is 10.7. The fourth-order valence-electron chi connectivity index (χ4n) is 1.84. The summed E-state index contributed by atoms with van der Waals surface area (Å²) in [5.41, 5.74) is -0.605. The van der Waals surface area contributed by atoms with Crippen molar-refractivity contribution in [1.82, 2.24) is 0 Å². The fourth-order valence-corrected chi connectivity index (χ4v) is 1.84. The third kappa shape index (κ3) is 3.72. The Morgan fingerprint density at radius 3 is 2.48 bits per heavy atom. The second kappa shape index (κ2) is 5.83. The molecule has 0 saturated heterocycles. The van der Waals surface area contributed by atoms with E-state index in [1.807, 2.05) is 0 Å². The van der Waals surface area contributed by atoms with Crippen molar-refractivity contribution in [2.75, 3.05) is 5.32 Å². The first-order chi connectivity index (χ1) is 9.90. The lowest BCUT2D eigenvalue weighted by Gasteiger charge is -2.12. The van der Waals surface area contributed by atoms with Gasteiger partial charge in [-0.05, 0) is 35.9 Å². The number of benzene rings is 2. The van der Waals surface area contributed by atoms with Crippen LogP contribution in [-0.2, 0) is 12.7 Å². The van der Waals surface area contributed by atoms with Crippen LogP contribution in [0.2, 0.25) is 0 Å². The van der Waals surface area contributed by atoms with Crippen molar-refractivity contribution in [3.05, 3.63) is 65.0 Å². The smallest absolute Gasteiger partial charge is 0.381 e. The molecule has 0 radical (unpaired) electrons. The van der Waals surface area contributed by atoms with Crippen molar-refractivity contribution in [1.29, 1.82) is 5.26 Å². The molecule has 108 valence electrons. The third-order valence-corrected chi connectivity index (χ3v) is 2.83. The molecule has 0 aliphatic rings. The number of anilines is 1. The number of hydrogen-bond acceptors (Lipinski definition) is 2. The molecule has 0 amide bonds. The van der Waals surface area contributed by atoms with E-state index in [0.29, 0.717) is 5.56 Å². The Hall–Kier alpha value is -2.55. The number of rotatable bonds is 3. The Bertz CT molecular complexity index is 687. The van der Waals surface area contributed by atoms with Gasteiger partial charge in [0.1, 0.15) is 5.82 Å². The van der Waals surface area contributed by atoms with Crippen LogP contribution >= 0.6 is 0 Å².